The standard InChI is InChI=1S/C18H34N2/c1-15-10-9-13-18(14-15,20(2)3)17(19)16-11-7-5-4-6-8-12-16/h11,15,17H,4-10,12-14,19H2,1-3H3. The third-order valence-corrected chi connectivity index (χ3v) is 5.70. The van der Waals surface area contributed by atoms with Gasteiger partial charge in [-0.25, -0.2) is 0 Å². The van der Waals surface area contributed by atoms with E-state index in [0.717, 1.165) is 5.92 Å². The van der Waals surface area contributed by atoms with Crippen molar-refractivity contribution in [1.82, 2.24) is 4.90 Å². The third-order valence-electron chi connectivity index (χ3n) is 5.70. The van der Waals surface area contributed by atoms with E-state index in [1.54, 1.807) is 5.57 Å². The van der Waals surface area contributed by atoms with Gasteiger partial charge in [0.25, 0.3) is 0 Å². The third kappa shape index (κ3) is 3.46. The van der Waals surface area contributed by atoms with Crippen molar-refractivity contribution in [2.45, 2.75) is 82.7 Å². The molecular weight excluding hydrogens is 244 g/mol. The molecule has 2 N–H and O–H groups in total. The maximum atomic E-state index is 6.83. The normalized spacial score (nSPS) is 34.2. The monoisotopic (exact) mass is 278 g/mol. The number of hydrogen-bond acceptors (Lipinski definition) is 2. The van der Waals surface area contributed by atoms with E-state index in [2.05, 4.69) is 32.0 Å². The fourth-order valence-corrected chi connectivity index (χ4v) is 4.38. The van der Waals surface area contributed by atoms with Crippen LogP contribution in [-0.2, 0) is 0 Å². The second kappa shape index (κ2) is 7.09. The maximum Gasteiger partial charge on any atom is 0.0441 e. The molecule has 0 spiro atoms. The van der Waals surface area contributed by atoms with Crippen LogP contribution in [0, 0.1) is 5.92 Å². The van der Waals surface area contributed by atoms with Crippen molar-refractivity contribution in [2.75, 3.05) is 14.1 Å². The lowest BCUT2D eigenvalue weighted by Gasteiger charge is -2.50. The van der Waals surface area contributed by atoms with Crippen LogP contribution >= 0.6 is 0 Å². The van der Waals surface area contributed by atoms with Crippen molar-refractivity contribution in [2.24, 2.45) is 11.7 Å². The molecule has 2 aliphatic rings. The lowest BCUT2D eigenvalue weighted by atomic mass is 9.69. The van der Waals surface area contributed by atoms with Crippen molar-refractivity contribution < 1.29 is 0 Å². The van der Waals surface area contributed by atoms with Gasteiger partial charge >= 0.3 is 0 Å². The Hall–Kier alpha value is -0.340. The van der Waals surface area contributed by atoms with Crippen LogP contribution in [0.25, 0.3) is 0 Å². The van der Waals surface area contributed by atoms with Crippen LogP contribution in [0.3, 0.4) is 0 Å². The summed E-state index contributed by atoms with van der Waals surface area (Å²) in [6.45, 7) is 2.40. The van der Waals surface area contributed by atoms with E-state index in [4.69, 9.17) is 5.73 Å². The zero-order chi connectivity index (χ0) is 14.6. The molecule has 116 valence electrons. The van der Waals surface area contributed by atoms with Gasteiger partial charge in [-0.15, -0.1) is 0 Å². The van der Waals surface area contributed by atoms with Gasteiger partial charge in [0.05, 0.1) is 0 Å². The molecule has 0 radical (unpaired) electrons. The highest BCUT2D eigenvalue weighted by Gasteiger charge is 2.43. The Balaban J connectivity index is 2.19. The fourth-order valence-electron chi connectivity index (χ4n) is 4.38. The fraction of sp³-hybridized carbons (Fsp3) is 0.889. The Labute approximate surface area is 125 Å². The molecular formula is C18H34N2. The molecule has 0 saturated heterocycles. The van der Waals surface area contributed by atoms with E-state index < -0.39 is 0 Å². The van der Waals surface area contributed by atoms with Gasteiger partial charge in [0, 0.05) is 11.6 Å². The van der Waals surface area contributed by atoms with Crippen molar-refractivity contribution in [3.05, 3.63) is 11.6 Å². The highest BCUT2D eigenvalue weighted by atomic mass is 15.2. The first-order valence-corrected chi connectivity index (χ1v) is 8.68. The van der Waals surface area contributed by atoms with E-state index in [1.807, 2.05) is 0 Å². The van der Waals surface area contributed by atoms with Crippen LogP contribution in [0.1, 0.15) is 71.1 Å². The first kappa shape index (κ1) is 16.0. The molecule has 0 bridgehead atoms. The van der Waals surface area contributed by atoms with Crippen LogP contribution < -0.4 is 5.73 Å². The molecule has 0 aliphatic heterocycles. The first-order chi connectivity index (χ1) is 9.56. The zero-order valence-corrected chi connectivity index (χ0v) is 13.8. The Bertz CT molecular complexity index is 334. The summed E-state index contributed by atoms with van der Waals surface area (Å²) in [6.07, 6.45) is 15.6. The van der Waals surface area contributed by atoms with Gasteiger partial charge in [0.15, 0.2) is 0 Å². The predicted octanol–water partition coefficient (Wildman–Crippen LogP) is 4.10. The van der Waals surface area contributed by atoms with E-state index >= 15 is 0 Å². The van der Waals surface area contributed by atoms with Gasteiger partial charge < -0.3 is 10.6 Å². The van der Waals surface area contributed by atoms with Crippen LogP contribution in [0.5, 0.6) is 0 Å². The highest BCUT2D eigenvalue weighted by Crippen LogP contribution is 2.40. The Morgan fingerprint density at radius 2 is 1.95 bits per heavy atom. The van der Waals surface area contributed by atoms with Gasteiger partial charge in [0.2, 0.25) is 0 Å². The van der Waals surface area contributed by atoms with Gasteiger partial charge in [-0.1, -0.05) is 44.3 Å². The molecule has 2 aliphatic carbocycles. The van der Waals surface area contributed by atoms with Crippen molar-refractivity contribution in [1.29, 1.82) is 0 Å². The second-order valence-corrected chi connectivity index (χ2v) is 7.41. The minimum atomic E-state index is 0.197. The van der Waals surface area contributed by atoms with Gasteiger partial charge in [-0.2, -0.15) is 0 Å². The van der Waals surface area contributed by atoms with E-state index in [0.29, 0.717) is 0 Å². The first-order valence-electron chi connectivity index (χ1n) is 8.68. The largest absolute Gasteiger partial charge is 0.323 e. The molecule has 0 heterocycles. The molecule has 2 nitrogen and oxygen atoms in total. The second-order valence-electron chi connectivity index (χ2n) is 7.41. The summed E-state index contributed by atoms with van der Waals surface area (Å²) in [4.78, 5) is 2.44. The molecule has 1 fully saturated rings. The van der Waals surface area contributed by atoms with Gasteiger partial charge in [-0.3, -0.25) is 0 Å². The average molecular weight is 278 g/mol. The smallest absolute Gasteiger partial charge is 0.0441 e. The van der Waals surface area contributed by atoms with Crippen LogP contribution in [0.2, 0.25) is 0 Å². The molecule has 0 aromatic rings. The number of rotatable bonds is 3. The molecule has 0 amide bonds. The number of nitrogens with two attached hydrogens (primary N) is 1. The zero-order valence-electron chi connectivity index (χ0n) is 13.8. The molecule has 3 atom stereocenters. The summed E-state index contributed by atoms with van der Waals surface area (Å²) in [5.41, 5.74) is 8.58. The molecule has 0 aromatic heterocycles. The van der Waals surface area contributed by atoms with E-state index in [1.165, 1.54) is 64.2 Å². The summed E-state index contributed by atoms with van der Waals surface area (Å²) >= 11 is 0. The van der Waals surface area contributed by atoms with Crippen LogP contribution in [0.4, 0.5) is 0 Å². The van der Waals surface area contributed by atoms with Crippen LogP contribution in [-0.4, -0.2) is 30.6 Å². The highest BCUT2D eigenvalue weighted by molar-refractivity contribution is 5.20. The van der Waals surface area contributed by atoms with Crippen molar-refractivity contribution in [3.63, 3.8) is 0 Å². The quantitative estimate of drug-likeness (QED) is 0.787. The topological polar surface area (TPSA) is 29.3 Å². The lowest BCUT2D eigenvalue weighted by molar-refractivity contribution is 0.0595. The molecule has 2 rings (SSSR count). The predicted molar refractivity (Wildman–Crippen MR) is 87.8 cm³/mol. The molecule has 20 heavy (non-hydrogen) atoms. The van der Waals surface area contributed by atoms with Crippen LogP contribution in [0.15, 0.2) is 11.6 Å². The molecule has 2 heteroatoms. The van der Waals surface area contributed by atoms with E-state index in [-0.39, 0.29) is 11.6 Å². The Morgan fingerprint density at radius 3 is 2.65 bits per heavy atom. The summed E-state index contributed by atoms with van der Waals surface area (Å²) < 4.78 is 0. The Morgan fingerprint density at radius 1 is 1.20 bits per heavy atom. The van der Waals surface area contributed by atoms with Crippen molar-refractivity contribution in [3.8, 4) is 0 Å². The summed E-state index contributed by atoms with van der Waals surface area (Å²) in [6, 6.07) is 0.235. The lowest BCUT2D eigenvalue weighted by Crippen LogP contribution is -2.60. The summed E-state index contributed by atoms with van der Waals surface area (Å²) in [5.74, 6) is 0.811. The minimum Gasteiger partial charge on any atom is -0.323 e. The number of allylic oxidation sites excluding steroid dienone is 1. The molecule has 1 saturated carbocycles. The number of likely N-dealkylation sites (N-methyl/N-ethyl adjacent to an activating group) is 1. The number of nitrogens with zero attached hydrogens (tertiary/aromatic N) is 1. The van der Waals surface area contributed by atoms with Gasteiger partial charge in [-0.05, 0) is 58.5 Å². The SMILES string of the molecule is CC1CCCC(C(N)C2=CCCCCCC2)(N(C)C)C1. The minimum absolute atomic E-state index is 0.197. The molecule has 3 unspecified atom stereocenters. The van der Waals surface area contributed by atoms with E-state index in [9.17, 15) is 0 Å². The Kier molecular flexibility index (Phi) is 5.68. The summed E-state index contributed by atoms with van der Waals surface area (Å²) in [7, 11) is 4.47. The summed E-state index contributed by atoms with van der Waals surface area (Å²) in [5, 5.41) is 0. The maximum absolute atomic E-state index is 6.83. The van der Waals surface area contributed by atoms with Crippen molar-refractivity contribution >= 4 is 0 Å². The van der Waals surface area contributed by atoms with Gasteiger partial charge in [0.1, 0.15) is 0 Å². The molecule has 0 aromatic carbocycles. The average Bonchev–Trinajstić information content (AvgIpc) is 2.37. The number of hydrogen-bond donors (Lipinski definition) is 1.